The van der Waals surface area contributed by atoms with Crippen LogP contribution in [0.5, 0.6) is 0 Å². The first-order chi connectivity index (χ1) is 8.50. The highest BCUT2D eigenvalue weighted by Gasteiger charge is 2.20. The number of fused-ring (bicyclic) bond motifs is 3. The Balaban J connectivity index is 2.67. The van der Waals surface area contributed by atoms with E-state index in [-0.39, 0.29) is 11.1 Å². The molecule has 0 radical (unpaired) electrons. The van der Waals surface area contributed by atoms with E-state index in [0.717, 1.165) is 11.0 Å². The summed E-state index contributed by atoms with van der Waals surface area (Å²) in [5.74, 6) is 0. The summed E-state index contributed by atoms with van der Waals surface area (Å²) >= 11 is 0. The summed E-state index contributed by atoms with van der Waals surface area (Å²) < 4.78 is 3.73. The number of pyridine rings is 1. The van der Waals surface area contributed by atoms with Crippen molar-refractivity contribution in [3.63, 3.8) is 0 Å². The van der Waals surface area contributed by atoms with Gasteiger partial charge in [-0.2, -0.15) is 0 Å². The maximum absolute atomic E-state index is 12.6. The number of aromatic nitrogens is 3. The molecule has 92 valence electrons. The van der Waals surface area contributed by atoms with Gasteiger partial charge in [-0.3, -0.25) is 14.3 Å². The van der Waals surface area contributed by atoms with Gasteiger partial charge in [0.25, 0.3) is 5.56 Å². The van der Waals surface area contributed by atoms with E-state index >= 15 is 0 Å². The minimum atomic E-state index is -0.261. The Hall–Kier alpha value is -2.10. The van der Waals surface area contributed by atoms with Crippen LogP contribution in [0.25, 0.3) is 16.6 Å². The maximum atomic E-state index is 12.6. The van der Waals surface area contributed by atoms with Gasteiger partial charge in [0.1, 0.15) is 5.52 Å². The van der Waals surface area contributed by atoms with Crippen LogP contribution in [-0.2, 0) is 5.54 Å². The summed E-state index contributed by atoms with van der Waals surface area (Å²) in [6.07, 6.45) is 5.41. The molecule has 0 N–H and O–H groups in total. The average molecular weight is 241 g/mol. The van der Waals surface area contributed by atoms with Gasteiger partial charge < -0.3 is 4.40 Å². The molecule has 3 aromatic heterocycles. The van der Waals surface area contributed by atoms with Crippen molar-refractivity contribution in [1.82, 2.24) is 14.0 Å². The molecule has 0 unspecified atom stereocenters. The van der Waals surface area contributed by atoms with Crippen LogP contribution >= 0.6 is 0 Å². The van der Waals surface area contributed by atoms with E-state index in [4.69, 9.17) is 0 Å². The minimum absolute atomic E-state index is 0.0335. The Morgan fingerprint density at radius 2 is 1.89 bits per heavy atom. The molecule has 0 amide bonds. The Bertz CT molecular complexity index is 790. The molecule has 0 aromatic carbocycles. The second-order valence-electron chi connectivity index (χ2n) is 5.44. The third-order valence-electron chi connectivity index (χ3n) is 3.12. The molecule has 0 aliphatic carbocycles. The Morgan fingerprint density at radius 1 is 1.11 bits per heavy atom. The van der Waals surface area contributed by atoms with Gasteiger partial charge >= 0.3 is 0 Å². The molecule has 0 saturated carbocycles. The first-order valence-corrected chi connectivity index (χ1v) is 5.96. The summed E-state index contributed by atoms with van der Waals surface area (Å²) in [6, 6.07) is 5.62. The fourth-order valence-corrected chi connectivity index (χ4v) is 2.41. The molecular formula is C14H15N3O. The van der Waals surface area contributed by atoms with Crippen LogP contribution in [0.3, 0.4) is 0 Å². The molecule has 4 heteroatoms. The molecule has 0 aliphatic rings. The van der Waals surface area contributed by atoms with E-state index < -0.39 is 0 Å². The molecule has 3 heterocycles. The second-order valence-corrected chi connectivity index (χ2v) is 5.44. The van der Waals surface area contributed by atoms with Crippen molar-refractivity contribution in [1.29, 1.82) is 0 Å². The van der Waals surface area contributed by atoms with Crippen molar-refractivity contribution in [3.8, 4) is 0 Å². The zero-order valence-electron chi connectivity index (χ0n) is 10.7. The van der Waals surface area contributed by atoms with Crippen molar-refractivity contribution >= 4 is 16.6 Å². The van der Waals surface area contributed by atoms with Crippen LogP contribution in [-0.4, -0.2) is 14.0 Å². The second kappa shape index (κ2) is 3.45. The van der Waals surface area contributed by atoms with Gasteiger partial charge in [-0.05, 0) is 39.0 Å². The molecule has 18 heavy (non-hydrogen) atoms. The van der Waals surface area contributed by atoms with Gasteiger partial charge in [0, 0.05) is 17.9 Å². The van der Waals surface area contributed by atoms with Gasteiger partial charge in [0.05, 0.1) is 17.2 Å². The summed E-state index contributed by atoms with van der Waals surface area (Å²) in [4.78, 5) is 16.7. The molecule has 4 nitrogen and oxygen atoms in total. The molecule has 0 aliphatic heterocycles. The highest BCUT2D eigenvalue weighted by Crippen LogP contribution is 2.20. The van der Waals surface area contributed by atoms with Gasteiger partial charge in [-0.15, -0.1) is 0 Å². The van der Waals surface area contributed by atoms with Crippen LogP contribution in [0, 0.1) is 0 Å². The van der Waals surface area contributed by atoms with Crippen LogP contribution in [0.15, 0.2) is 41.6 Å². The monoisotopic (exact) mass is 241 g/mol. The SMILES string of the molecule is CC(C)(C)n1c(=O)c2cccn2c2cnccc21. The topological polar surface area (TPSA) is 39.3 Å². The first kappa shape index (κ1) is 11.0. The lowest BCUT2D eigenvalue weighted by Crippen LogP contribution is -2.35. The summed E-state index contributed by atoms with van der Waals surface area (Å²) in [6.45, 7) is 6.11. The van der Waals surface area contributed by atoms with Crippen molar-refractivity contribution in [2.75, 3.05) is 0 Å². The van der Waals surface area contributed by atoms with E-state index in [1.54, 1.807) is 12.4 Å². The number of hydrogen-bond donors (Lipinski definition) is 0. The first-order valence-electron chi connectivity index (χ1n) is 5.96. The third kappa shape index (κ3) is 1.38. The van der Waals surface area contributed by atoms with E-state index in [9.17, 15) is 4.79 Å². The van der Waals surface area contributed by atoms with Crippen LogP contribution in [0.1, 0.15) is 20.8 Å². The fourth-order valence-electron chi connectivity index (χ4n) is 2.41. The van der Waals surface area contributed by atoms with Crippen LogP contribution < -0.4 is 5.56 Å². The number of nitrogens with zero attached hydrogens (tertiary/aromatic N) is 3. The Morgan fingerprint density at radius 3 is 2.61 bits per heavy atom. The summed E-state index contributed by atoms with van der Waals surface area (Å²) in [7, 11) is 0. The highest BCUT2D eigenvalue weighted by atomic mass is 16.1. The van der Waals surface area contributed by atoms with Crippen LogP contribution in [0.4, 0.5) is 0 Å². The molecular weight excluding hydrogens is 226 g/mol. The molecule has 3 rings (SSSR count). The van der Waals surface area contributed by atoms with E-state index in [1.165, 1.54) is 0 Å². The molecule has 0 atom stereocenters. The van der Waals surface area contributed by atoms with E-state index in [2.05, 4.69) is 4.98 Å². The third-order valence-corrected chi connectivity index (χ3v) is 3.12. The highest BCUT2D eigenvalue weighted by molar-refractivity contribution is 5.78. The Kier molecular flexibility index (Phi) is 2.11. The summed E-state index contributed by atoms with van der Waals surface area (Å²) in [5, 5.41) is 0. The van der Waals surface area contributed by atoms with Gasteiger partial charge in [-0.1, -0.05) is 0 Å². The average Bonchev–Trinajstić information content (AvgIpc) is 2.77. The minimum Gasteiger partial charge on any atom is -0.309 e. The number of hydrogen-bond acceptors (Lipinski definition) is 2. The lowest BCUT2D eigenvalue weighted by atomic mass is 10.1. The van der Waals surface area contributed by atoms with Crippen molar-refractivity contribution in [3.05, 3.63) is 47.1 Å². The predicted molar refractivity (Wildman–Crippen MR) is 72.0 cm³/mol. The van der Waals surface area contributed by atoms with E-state index in [0.29, 0.717) is 5.52 Å². The van der Waals surface area contributed by atoms with Crippen molar-refractivity contribution < 1.29 is 0 Å². The molecule has 0 spiro atoms. The van der Waals surface area contributed by atoms with Gasteiger partial charge in [-0.25, -0.2) is 0 Å². The van der Waals surface area contributed by atoms with E-state index in [1.807, 2.05) is 54.1 Å². The van der Waals surface area contributed by atoms with Crippen molar-refractivity contribution in [2.45, 2.75) is 26.3 Å². The smallest absolute Gasteiger partial charge is 0.275 e. The fraction of sp³-hybridized carbons (Fsp3) is 0.286. The van der Waals surface area contributed by atoms with Gasteiger partial charge in [0.2, 0.25) is 0 Å². The Labute approximate surface area is 105 Å². The zero-order chi connectivity index (χ0) is 12.9. The molecule has 0 bridgehead atoms. The standard InChI is InChI=1S/C14H15N3O/c1-14(2,3)17-10-6-7-15-9-12(10)16-8-4-5-11(16)13(17)18/h4-9H,1-3H3. The number of rotatable bonds is 0. The quantitative estimate of drug-likeness (QED) is 0.606. The van der Waals surface area contributed by atoms with Gasteiger partial charge in [0.15, 0.2) is 0 Å². The van der Waals surface area contributed by atoms with Crippen molar-refractivity contribution in [2.24, 2.45) is 0 Å². The predicted octanol–water partition coefficient (Wildman–Crippen LogP) is 2.40. The lowest BCUT2D eigenvalue weighted by Gasteiger charge is -2.25. The van der Waals surface area contributed by atoms with Crippen LogP contribution in [0.2, 0.25) is 0 Å². The summed E-state index contributed by atoms with van der Waals surface area (Å²) in [5.41, 5.74) is 2.32. The lowest BCUT2D eigenvalue weighted by molar-refractivity contribution is 0.399. The molecule has 0 fully saturated rings. The largest absolute Gasteiger partial charge is 0.309 e. The molecule has 0 saturated heterocycles. The normalized spacial score (nSPS) is 12.4. The molecule has 3 aromatic rings. The maximum Gasteiger partial charge on any atom is 0.275 e. The zero-order valence-corrected chi connectivity index (χ0v) is 10.7.